The molecule has 0 saturated heterocycles. The summed E-state index contributed by atoms with van der Waals surface area (Å²) in [5.41, 5.74) is 12.1. The highest BCUT2D eigenvalue weighted by Gasteiger charge is 2.19. The van der Waals surface area contributed by atoms with Crippen LogP contribution in [0.15, 0.2) is 34.4 Å². The third kappa shape index (κ3) is 3.18. The van der Waals surface area contributed by atoms with Crippen molar-refractivity contribution in [1.29, 1.82) is 5.41 Å². The van der Waals surface area contributed by atoms with Crippen LogP contribution in [-0.4, -0.2) is 47.4 Å². The average molecular weight is 276 g/mol. The van der Waals surface area contributed by atoms with E-state index in [0.717, 1.165) is 0 Å². The number of hydrogen-bond acceptors (Lipinski definition) is 7. The van der Waals surface area contributed by atoms with E-state index in [0.29, 0.717) is 17.1 Å². The highest BCUT2D eigenvalue weighted by Crippen LogP contribution is 2.20. The molecule has 2 rings (SSSR count). The molecule has 0 saturated carbocycles. The van der Waals surface area contributed by atoms with Crippen molar-refractivity contribution in [2.24, 2.45) is 21.6 Å². The van der Waals surface area contributed by atoms with Crippen molar-refractivity contribution in [3.63, 3.8) is 0 Å². The Balaban J connectivity index is 2.12. The second kappa shape index (κ2) is 5.37. The third-order valence-corrected chi connectivity index (χ3v) is 2.56. The van der Waals surface area contributed by atoms with E-state index in [1.807, 2.05) is 0 Å². The van der Waals surface area contributed by atoms with Gasteiger partial charge < -0.3 is 9.84 Å². The van der Waals surface area contributed by atoms with E-state index in [-0.39, 0.29) is 5.84 Å². The van der Waals surface area contributed by atoms with Crippen molar-refractivity contribution in [3.05, 3.63) is 24.3 Å². The molecular weight excluding hydrogens is 260 g/mol. The van der Waals surface area contributed by atoms with Crippen molar-refractivity contribution in [3.8, 4) is 5.75 Å². The van der Waals surface area contributed by atoms with E-state index in [9.17, 15) is 0 Å². The molecular formula is C12H16N6O2. The summed E-state index contributed by atoms with van der Waals surface area (Å²) in [4.78, 5) is 4.28. The second-order valence-corrected chi connectivity index (χ2v) is 4.32. The quantitative estimate of drug-likeness (QED) is 0.556. The first-order chi connectivity index (χ1) is 9.41. The number of hydrogen-bond donors (Lipinski definition) is 4. The summed E-state index contributed by atoms with van der Waals surface area (Å²) >= 11 is 0. The van der Waals surface area contributed by atoms with Crippen LogP contribution in [0.25, 0.3) is 0 Å². The van der Waals surface area contributed by atoms with Gasteiger partial charge in [0.05, 0.1) is 11.9 Å². The van der Waals surface area contributed by atoms with Gasteiger partial charge in [-0.15, -0.1) is 0 Å². The Morgan fingerprint density at radius 3 is 2.55 bits per heavy atom. The maximum Gasteiger partial charge on any atom is 0.236 e. The number of nitrogens with zero attached hydrogens (tertiary/aromatic N) is 3. The molecule has 6 N–H and O–H groups in total. The lowest BCUT2D eigenvalue weighted by Gasteiger charge is -2.23. The Bertz CT molecular complexity index is 564. The maximum atomic E-state index is 8.91. The number of nitrogens with two attached hydrogens (primary N) is 2. The van der Waals surface area contributed by atoms with E-state index in [2.05, 4.69) is 10.1 Å². The number of amidine groups is 1. The molecule has 1 aliphatic rings. The molecule has 8 nitrogen and oxygen atoms in total. The van der Waals surface area contributed by atoms with Gasteiger partial charge in [0.1, 0.15) is 18.1 Å². The van der Waals surface area contributed by atoms with Gasteiger partial charge in [-0.3, -0.25) is 16.9 Å². The van der Waals surface area contributed by atoms with E-state index in [1.54, 1.807) is 31.3 Å². The number of benzene rings is 1. The maximum absolute atomic E-state index is 8.91. The molecule has 1 heterocycles. The van der Waals surface area contributed by atoms with Crippen LogP contribution in [0, 0.1) is 5.41 Å². The van der Waals surface area contributed by atoms with Gasteiger partial charge in [-0.25, -0.2) is 10.0 Å². The fourth-order valence-electron chi connectivity index (χ4n) is 1.49. The standard InChI is InChI=1S/C12H16N6O2/c1-18-11(13)10(6-16-18)17-8-2-4-9(5-3-8)20-12(14,15)7-19/h2-6,13,19H,7,14-15H2,1H3. The molecule has 0 spiro atoms. The van der Waals surface area contributed by atoms with Crippen LogP contribution in [0.4, 0.5) is 5.69 Å². The van der Waals surface area contributed by atoms with Gasteiger partial charge in [-0.1, -0.05) is 0 Å². The molecule has 1 aromatic rings. The van der Waals surface area contributed by atoms with Crippen molar-refractivity contribution in [2.45, 2.75) is 5.85 Å². The minimum absolute atomic E-state index is 0.230. The lowest BCUT2D eigenvalue weighted by atomic mass is 10.3. The summed E-state index contributed by atoms with van der Waals surface area (Å²) < 4.78 is 5.19. The molecule has 1 aromatic carbocycles. The fraction of sp³-hybridized carbons (Fsp3) is 0.250. The first kappa shape index (κ1) is 14.1. The van der Waals surface area contributed by atoms with Crippen LogP contribution in [0.3, 0.4) is 0 Å². The Morgan fingerprint density at radius 1 is 1.40 bits per heavy atom. The van der Waals surface area contributed by atoms with E-state index < -0.39 is 12.5 Å². The van der Waals surface area contributed by atoms with Crippen molar-refractivity contribution in [1.82, 2.24) is 5.01 Å². The predicted octanol–water partition coefficient (Wildman–Crippen LogP) is -0.390. The molecule has 0 aliphatic carbocycles. The Labute approximate surface area is 115 Å². The molecule has 0 amide bonds. The monoisotopic (exact) mass is 276 g/mol. The summed E-state index contributed by atoms with van der Waals surface area (Å²) in [5.74, 6) is -0.968. The summed E-state index contributed by atoms with van der Waals surface area (Å²) in [6, 6.07) is 6.64. The molecule has 0 bridgehead atoms. The van der Waals surface area contributed by atoms with Gasteiger partial charge >= 0.3 is 0 Å². The number of aliphatic hydroxyl groups excluding tert-OH is 1. The topological polar surface area (TPSA) is 133 Å². The smallest absolute Gasteiger partial charge is 0.236 e. The van der Waals surface area contributed by atoms with Crippen molar-refractivity contribution >= 4 is 23.4 Å². The number of rotatable bonds is 4. The molecule has 106 valence electrons. The summed E-state index contributed by atoms with van der Waals surface area (Å²) in [5, 5.41) is 22.0. The first-order valence-electron chi connectivity index (χ1n) is 5.84. The predicted molar refractivity (Wildman–Crippen MR) is 76.3 cm³/mol. The molecule has 0 fully saturated rings. The van der Waals surface area contributed by atoms with Crippen molar-refractivity contribution in [2.75, 3.05) is 13.7 Å². The van der Waals surface area contributed by atoms with E-state index >= 15 is 0 Å². The van der Waals surface area contributed by atoms with Gasteiger partial charge in [0, 0.05) is 7.05 Å². The minimum Gasteiger partial charge on any atom is -0.458 e. The number of ether oxygens (including phenoxy) is 1. The third-order valence-electron chi connectivity index (χ3n) is 2.56. The fourth-order valence-corrected chi connectivity index (χ4v) is 1.49. The number of hydrazone groups is 1. The van der Waals surface area contributed by atoms with Crippen LogP contribution in [-0.2, 0) is 0 Å². The van der Waals surface area contributed by atoms with Crippen molar-refractivity contribution < 1.29 is 9.84 Å². The summed E-state index contributed by atoms with van der Waals surface area (Å²) in [7, 11) is 1.68. The number of aliphatic hydroxyl groups is 1. The minimum atomic E-state index is -1.61. The van der Waals surface area contributed by atoms with Gasteiger partial charge in [-0.2, -0.15) is 5.10 Å². The zero-order valence-electron chi connectivity index (χ0n) is 10.9. The summed E-state index contributed by atoms with van der Waals surface area (Å²) in [6.07, 6.45) is 1.52. The van der Waals surface area contributed by atoms with Gasteiger partial charge in [0.25, 0.3) is 0 Å². The molecule has 0 radical (unpaired) electrons. The highest BCUT2D eigenvalue weighted by atomic mass is 16.5. The molecule has 1 aliphatic heterocycles. The molecule has 20 heavy (non-hydrogen) atoms. The normalized spacial score (nSPS) is 17.1. The Morgan fingerprint density at radius 2 is 2.05 bits per heavy atom. The molecule has 0 unspecified atom stereocenters. The van der Waals surface area contributed by atoms with Gasteiger partial charge in [0.15, 0.2) is 5.84 Å². The van der Waals surface area contributed by atoms with Gasteiger partial charge in [-0.05, 0) is 24.3 Å². The van der Waals surface area contributed by atoms with Crippen LogP contribution in [0.1, 0.15) is 0 Å². The number of aliphatic imine (C=N–C) groups is 1. The average Bonchev–Trinajstić information content (AvgIpc) is 2.73. The Hall–Kier alpha value is -2.29. The lowest BCUT2D eigenvalue weighted by molar-refractivity contribution is 0.0198. The molecule has 0 atom stereocenters. The largest absolute Gasteiger partial charge is 0.458 e. The highest BCUT2D eigenvalue weighted by molar-refractivity contribution is 6.63. The van der Waals surface area contributed by atoms with E-state index in [4.69, 9.17) is 26.7 Å². The van der Waals surface area contributed by atoms with Crippen LogP contribution < -0.4 is 16.2 Å². The SMILES string of the molecule is CN1N=CC(=Nc2ccc(OC(N)(N)CO)cc2)C1=N. The second-order valence-electron chi connectivity index (χ2n) is 4.32. The molecule has 8 heteroatoms. The summed E-state index contributed by atoms with van der Waals surface area (Å²) in [6.45, 7) is -0.503. The Kier molecular flexibility index (Phi) is 3.79. The van der Waals surface area contributed by atoms with E-state index in [1.165, 1.54) is 11.2 Å². The zero-order valence-corrected chi connectivity index (χ0v) is 10.9. The van der Waals surface area contributed by atoms with Crippen LogP contribution in [0.5, 0.6) is 5.75 Å². The first-order valence-corrected chi connectivity index (χ1v) is 5.84. The lowest BCUT2D eigenvalue weighted by Crippen LogP contribution is -2.57. The zero-order chi connectivity index (χ0) is 14.8. The molecule has 0 aromatic heterocycles. The van der Waals surface area contributed by atoms with Crippen LogP contribution >= 0.6 is 0 Å². The van der Waals surface area contributed by atoms with Crippen LogP contribution in [0.2, 0.25) is 0 Å². The number of nitrogens with one attached hydrogen (secondary N) is 1. The van der Waals surface area contributed by atoms with Gasteiger partial charge in [0.2, 0.25) is 5.85 Å².